The zero-order valence-electron chi connectivity index (χ0n) is 11.8. The highest BCUT2D eigenvalue weighted by molar-refractivity contribution is 5.44. The molecule has 0 saturated heterocycles. The molecule has 16 heavy (non-hydrogen) atoms. The van der Waals surface area contributed by atoms with Gasteiger partial charge >= 0.3 is 0 Å². The third-order valence-corrected chi connectivity index (χ3v) is 3.32. The van der Waals surface area contributed by atoms with Gasteiger partial charge in [0.25, 0.3) is 0 Å². The van der Waals surface area contributed by atoms with E-state index in [0.717, 1.165) is 0 Å². The van der Waals surface area contributed by atoms with Crippen molar-refractivity contribution in [3.8, 4) is 0 Å². The maximum Gasteiger partial charge on any atom is 0.00128 e. The summed E-state index contributed by atoms with van der Waals surface area (Å²) in [6.45, 7) is 10.4. The minimum atomic E-state index is 0.674. The molecular weight excluding hydrogens is 194 g/mol. The first kappa shape index (κ1) is 13.5. The van der Waals surface area contributed by atoms with Crippen molar-refractivity contribution >= 4 is 0 Å². The Morgan fingerprint density at radius 2 is 1.75 bits per heavy atom. The number of hydrogen-bond acceptors (Lipinski definition) is 1. The molecule has 1 aliphatic carbocycles. The van der Waals surface area contributed by atoms with E-state index in [0.29, 0.717) is 11.8 Å². The van der Waals surface area contributed by atoms with Crippen LogP contribution in [0, 0.1) is 11.8 Å². The average Bonchev–Trinajstić information content (AvgIpc) is 2.57. The lowest BCUT2D eigenvalue weighted by Crippen LogP contribution is -2.14. The highest BCUT2D eigenvalue weighted by atomic mass is 15.0. The van der Waals surface area contributed by atoms with Gasteiger partial charge in [-0.05, 0) is 49.9 Å². The lowest BCUT2D eigenvalue weighted by molar-refractivity contribution is 0.411. The minimum absolute atomic E-state index is 0.674. The molecular formula is C15H27N. The zero-order valence-corrected chi connectivity index (χ0v) is 11.8. The second-order valence-corrected chi connectivity index (χ2v) is 5.74. The third kappa shape index (κ3) is 3.21. The molecule has 0 saturated carbocycles. The largest absolute Gasteiger partial charge is 0.309 e. The molecule has 0 heterocycles. The molecule has 0 atom stereocenters. The van der Waals surface area contributed by atoms with Crippen LogP contribution in [-0.2, 0) is 0 Å². The Bertz CT molecular complexity index is 293. The Labute approximate surface area is 101 Å². The Hall–Kier alpha value is -0.560. The van der Waals surface area contributed by atoms with Crippen LogP contribution in [0.3, 0.4) is 0 Å². The second kappa shape index (κ2) is 5.67. The van der Waals surface area contributed by atoms with E-state index < -0.39 is 0 Å². The van der Waals surface area contributed by atoms with E-state index in [1.165, 1.54) is 19.4 Å². The Morgan fingerprint density at radius 3 is 2.19 bits per heavy atom. The van der Waals surface area contributed by atoms with Crippen molar-refractivity contribution in [1.29, 1.82) is 0 Å². The molecule has 0 aromatic heterocycles. The Kier molecular flexibility index (Phi) is 4.79. The highest BCUT2D eigenvalue weighted by Gasteiger charge is 2.21. The number of rotatable bonds is 5. The number of allylic oxidation sites excluding steroid dienone is 3. The molecule has 0 radical (unpaired) electrons. The highest BCUT2D eigenvalue weighted by Crippen LogP contribution is 2.37. The molecule has 1 heteroatoms. The molecule has 1 aliphatic rings. The van der Waals surface area contributed by atoms with E-state index in [1.54, 1.807) is 16.7 Å². The van der Waals surface area contributed by atoms with Gasteiger partial charge in [-0.3, -0.25) is 0 Å². The minimum Gasteiger partial charge on any atom is -0.309 e. The molecule has 1 rings (SSSR count). The van der Waals surface area contributed by atoms with Crippen molar-refractivity contribution in [1.82, 2.24) is 4.90 Å². The van der Waals surface area contributed by atoms with Crippen LogP contribution < -0.4 is 0 Å². The molecule has 0 unspecified atom stereocenters. The number of hydrogen-bond donors (Lipinski definition) is 0. The summed E-state index contributed by atoms with van der Waals surface area (Å²) in [5.41, 5.74) is 4.92. The first-order valence-electron chi connectivity index (χ1n) is 6.50. The summed E-state index contributed by atoms with van der Waals surface area (Å²) < 4.78 is 0. The second-order valence-electron chi connectivity index (χ2n) is 5.74. The predicted octanol–water partition coefficient (Wildman–Crippen LogP) is 3.88. The van der Waals surface area contributed by atoms with Crippen LogP contribution in [0.5, 0.6) is 0 Å². The van der Waals surface area contributed by atoms with Crippen molar-refractivity contribution < 1.29 is 0 Å². The van der Waals surface area contributed by atoms with E-state index in [2.05, 4.69) is 52.8 Å². The standard InChI is InChI=1S/C15H27N/c1-11(2)14-8-7-13(9-10-16(5)6)15(14)12(3)4/h8,11-12H,7,9-10H2,1-6H3. The summed E-state index contributed by atoms with van der Waals surface area (Å²) >= 11 is 0. The van der Waals surface area contributed by atoms with E-state index in [9.17, 15) is 0 Å². The van der Waals surface area contributed by atoms with Crippen molar-refractivity contribution in [2.24, 2.45) is 11.8 Å². The smallest absolute Gasteiger partial charge is 0.00128 e. The van der Waals surface area contributed by atoms with E-state index >= 15 is 0 Å². The molecule has 1 nitrogen and oxygen atoms in total. The summed E-state index contributed by atoms with van der Waals surface area (Å²) in [5.74, 6) is 1.35. The van der Waals surface area contributed by atoms with Gasteiger partial charge in [0.05, 0.1) is 0 Å². The summed E-state index contributed by atoms with van der Waals surface area (Å²) in [6, 6.07) is 0. The average molecular weight is 221 g/mol. The first-order valence-corrected chi connectivity index (χ1v) is 6.50. The maximum absolute atomic E-state index is 2.45. The van der Waals surface area contributed by atoms with E-state index in [1.807, 2.05) is 0 Å². The van der Waals surface area contributed by atoms with Crippen LogP contribution in [-0.4, -0.2) is 25.5 Å². The molecule has 92 valence electrons. The zero-order chi connectivity index (χ0) is 12.3. The third-order valence-electron chi connectivity index (χ3n) is 3.32. The van der Waals surface area contributed by atoms with Crippen LogP contribution >= 0.6 is 0 Å². The van der Waals surface area contributed by atoms with Gasteiger partial charge in [0, 0.05) is 6.54 Å². The van der Waals surface area contributed by atoms with Crippen molar-refractivity contribution in [2.75, 3.05) is 20.6 Å². The lowest BCUT2D eigenvalue weighted by atomic mass is 9.88. The maximum atomic E-state index is 2.45. The van der Waals surface area contributed by atoms with E-state index in [4.69, 9.17) is 0 Å². The van der Waals surface area contributed by atoms with Crippen LogP contribution in [0.15, 0.2) is 22.8 Å². The van der Waals surface area contributed by atoms with Gasteiger partial charge in [-0.25, -0.2) is 0 Å². The lowest BCUT2D eigenvalue weighted by Gasteiger charge is -2.19. The van der Waals surface area contributed by atoms with Gasteiger partial charge < -0.3 is 4.90 Å². The molecule has 0 N–H and O–H groups in total. The van der Waals surface area contributed by atoms with Crippen molar-refractivity contribution in [2.45, 2.75) is 40.5 Å². The van der Waals surface area contributed by atoms with Crippen LogP contribution in [0.4, 0.5) is 0 Å². The fraction of sp³-hybridized carbons (Fsp3) is 0.733. The van der Waals surface area contributed by atoms with Gasteiger partial charge in [-0.15, -0.1) is 0 Å². The topological polar surface area (TPSA) is 3.24 Å². The summed E-state index contributed by atoms with van der Waals surface area (Å²) in [7, 11) is 4.31. The Balaban J connectivity index is 2.81. The molecule has 0 aromatic carbocycles. The van der Waals surface area contributed by atoms with Crippen LogP contribution in [0.2, 0.25) is 0 Å². The summed E-state index contributed by atoms with van der Waals surface area (Å²) in [4.78, 5) is 2.28. The van der Waals surface area contributed by atoms with Crippen molar-refractivity contribution in [3.63, 3.8) is 0 Å². The summed E-state index contributed by atoms with van der Waals surface area (Å²) in [5, 5.41) is 0. The van der Waals surface area contributed by atoms with Crippen LogP contribution in [0.1, 0.15) is 40.5 Å². The first-order chi connectivity index (χ1) is 7.43. The molecule has 0 aromatic rings. The van der Waals surface area contributed by atoms with Crippen LogP contribution in [0.25, 0.3) is 0 Å². The molecule has 0 aliphatic heterocycles. The quantitative estimate of drug-likeness (QED) is 0.681. The molecule has 0 fully saturated rings. The summed E-state index contributed by atoms with van der Waals surface area (Å²) in [6.07, 6.45) is 4.87. The van der Waals surface area contributed by atoms with Gasteiger partial charge in [-0.1, -0.05) is 39.3 Å². The molecule has 0 bridgehead atoms. The molecule has 0 amide bonds. The fourth-order valence-corrected chi connectivity index (χ4v) is 2.54. The van der Waals surface area contributed by atoms with Gasteiger partial charge in [-0.2, -0.15) is 0 Å². The predicted molar refractivity (Wildman–Crippen MR) is 72.6 cm³/mol. The van der Waals surface area contributed by atoms with Crippen molar-refractivity contribution in [3.05, 3.63) is 22.8 Å². The normalized spacial score (nSPS) is 16.9. The number of nitrogens with zero attached hydrogens (tertiary/aromatic N) is 1. The monoisotopic (exact) mass is 221 g/mol. The van der Waals surface area contributed by atoms with Gasteiger partial charge in [0.1, 0.15) is 0 Å². The molecule has 0 spiro atoms. The Morgan fingerprint density at radius 1 is 1.12 bits per heavy atom. The van der Waals surface area contributed by atoms with E-state index in [-0.39, 0.29) is 0 Å². The van der Waals surface area contributed by atoms with Gasteiger partial charge in [0.2, 0.25) is 0 Å². The van der Waals surface area contributed by atoms with Gasteiger partial charge in [0.15, 0.2) is 0 Å². The SMILES string of the molecule is CC(C)C1=CCC(CCN(C)C)=C1C(C)C. The fourth-order valence-electron chi connectivity index (χ4n) is 2.54.